The van der Waals surface area contributed by atoms with Crippen molar-refractivity contribution < 1.29 is 14.3 Å². The molecule has 7 heteroatoms. The van der Waals surface area contributed by atoms with Gasteiger partial charge in [0.2, 0.25) is 5.91 Å². The number of morpholine rings is 1. The number of nitrogens with zero attached hydrogens (tertiary/aromatic N) is 2. The van der Waals surface area contributed by atoms with Gasteiger partial charge in [0.1, 0.15) is 0 Å². The molecule has 0 aliphatic carbocycles. The van der Waals surface area contributed by atoms with Crippen molar-refractivity contribution in [3.05, 3.63) is 59.7 Å². The zero-order chi connectivity index (χ0) is 22.5. The molecule has 1 fully saturated rings. The predicted molar refractivity (Wildman–Crippen MR) is 126 cm³/mol. The maximum absolute atomic E-state index is 13.1. The number of amides is 2. The normalized spacial score (nSPS) is 14.3. The number of rotatable bonds is 6. The van der Waals surface area contributed by atoms with Crippen LogP contribution in [0, 0.1) is 6.92 Å². The van der Waals surface area contributed by atoms with E-state index in [4.69, 9.17) is 9.72 Å². The highest BCUT2D eigenvalue weighted by atomic mass is 16.5. The van der Waals surface area contributed by atoms with E-state index in [9.17, 15) is 9.59 Å². The van der Waals surface area contributed by atoms with E-state index in [-0.39, 0.29) is 11.8 Å². The standard InChI is InChI=1S/C25H28N4O3/c1-17-3-8-23-21(15-17)22(25(31)26-9-10-29-11-13-32-14-12-29)16-24(28-23)19-4-6-20(7-5-19)27-18(2)30/h3-8,15-16H,9-14H2,1-2H3,(H,26,31)(H,27,30). The first kappa shape index (κ1) is 21.9. The lowest BCUT2D eigenvalue weighted by Gasteiger charge is -2.26. The first-order valence-corrected chi connectivity index (χ1v) is 10.9. The average Bonchev–Trinajstić information content (AvgIpc) is 2.79. The molecule has 2 aromatic carbocycles. The molecule has 1 aliphatic rings. The molecule has 3 aromatic rings. The SMILES string of the molecule is CC(=O)Nc1ccc(-c2cc(C(=O)NCCN3CCOCC3)c3cc(C)ccc3n2)cc1. The lowest BCUT2D eigenvalue weighted by molar-refractivity contribution is -0.114. The number of aryl methyl sites for hydroxylation is 1. The fourth-order valence-electron chi connectivity index (χ4n) is 3.85. The van der Waals surface area contributed by atoms with Crippen LogP contribution in [-0.2, 0) is 9.53 Å². The Kier molecular flexibility index (Phi) is 6.78. The van der Waals surface area contributed by atoms with Gasteiger partial charge in [-0.3, -0.25) is 14.5 Å². The van der Waals surface area contributed by atoms with Crippen molar-refractivity contribution in [1.82, 2.24) is 15.2 Å². The van der Waals surface area contributed by atoms with Crippen LogP contribution in [0.3, 0.4) is 0 Å². The van der Waals surface area contributed by atoms with Crippen LogP contribution in [0.15, 0.2) is 48.5 Å². The van der Waals surface area contributed by atoms with Gasteiger partial charge in [0, 0.05) is 49.7 Å². The van der Waals surface area contributed by atoms with Gasteiger partial charge in [-0.25, -0.2) is 4.98 Å². The van der Waals surface area contributed by atoms with Gasteiger partial charge in [-0.05, 0) is 37.3 Å². The maximum atomic E-state index is 13.1. The summed E-state index contributed by atoms with van der Waals surface area (Å²) in [7, 11) is 0. The van der Waals surface area contributed by atoms with Crippen LogP contribution in [-0.4, -0.2) is 61.1 Å². The number of hydrogen-bond donors (Lipinski definition) is 2. The van der Waals surface area contributed by atoms with Gasteiger partial charge in [0.05, 0.1) is 30.0 Å². The third-order valence-electron chi connectivity index (χ3n) is 5.53. The number of fused-ring (bicyclic) bond motifs is 1. The van der Waals surface area contributed by atoms with Crippen LogP contribution in [0.5, 0.6) is 0 Å². The van der Waals surface area contributed by atoms with Gasteiger partial charge in [-0.1, -0.05) is 23.8 Å². The zero-order valence-electron chi connectivity index (χ0n) is 18.5. The molecule has 2 N–H and O–H groups in total. The second-order valence-electron chi connectivity index (χ2n) is 8.04. The Labute approximate surface area is 187 Å². The van der Waals surface area contributed by atoms with Crippen LogP contribution in [0.2, 0.25) is 0 Å². The molecular formula is C25H28N4O3. The molecule has 1 aromatic heterocycles. The van der Waals surface area contributed by atoms with Gasteiger partial charge in [0.25, 0.3) is 5.91 Å². The van der Waals surface area contributed by atoms with Crippen molar-refractivity contribution in [2.75, 3.05) is 44.7 Å². The monoisotopic (exact) mass is 432 g/mol. The molecule has 0 unspecified atom stereocenters. The number of carbonyl (C=O) groups excluding carboxylic acids is 2. The van der Waals surface area contributed by atoms with Crippen LogP contribution >= 0.6 is 0 Å². The van der Waals surface area contributed by atoms with E-state index in [0.29, 0.717) is 17.8 Å². The second kappa shape index (κ2) is 9.89. The molecule has 1 aliphatic heterocycles. The Morgan fingerprint density at radius 2 is 1.81 bits per heavy atom. The van der Waals surface area contributed by atoms with E-state index in [1.807, 2.05) is 55.5 Å². The topological polar surface area (TPSA) is 83.6 Å². The Morgan fingerprint density at radius 3 is 2.53 bits per heavy atom. The van der Waals surface area contributed by atoms with Crippen molar-refractivity contribution >= 4 is 28.4 Å². The molecule has 0 atom stereocenters. The summed E-state index contributed by atoms with van der Waals surface area (Å²) in [5.41, 5.74) is 4.78. The molecule has 0 spiro atoms. The highest BCUT2D eigenvalue weighted by molar-refractivity contribution is 6.07. The van der Waals surface area contributed by atoms with Crippen molar-refractivity contribution in [3.8, 4) is 11.3 Å². The number of carbonyl (C=O) groups is 2. The minimum Gasteiger partial charge on any atom is -0.379 e. The number of nitrogens with one attached hydrogen (secondary N) is 2. The molecule has 7 nitrogen and oxygen atoms in total. The van der Waals surface area contributed by atoms with Gasteiger partial charge < -0.3 is 15.4 Å². The number of ether oxygens (including phenoxy) is 1. The third kappa shape index (κ3) is 5.30. The fraction of sp³-hybridized carbons (Fsp3) is 0.320. The second-order valence-corrected chi connectivity index (χ2v) is 8.04. The molecule has 1 saturated heterocycles. The average molecular weight is 433 g/mol. The lowest BCUT2D eigenvalue weighted by atomic mass is 10.0. The molecule has 2 amide bonds. The Bertz CT molecular complexity index is 1120. The van der Waals surface area contributed by atoms with E-state index in [1.165, 1.54) is 6.92 Å². The summed E-state index contributed by atoms with van der Waals surface area (Å²) in [4.78, 5) is 31.5. The number of anilines is 1. The molecular weight excluding hydrogens is 404 g/mol. The summed E-state index contributed by atoms with van der Waals surface area (Å²) < 4.78 is 5.38. The molecule has 2 heterocycles. The zero-order valence-corrected chi connectivity index (χ0v) is 18.5. The molecule has 4 rings (SSSR count). The van der Waals surface area contributed by atoms with Crippen molar-refractivity contribution in [2.24, 2.45) is 0 Å². The van der Waals surface area contributed by atoms with Crippen LogP contribution in [0.1, 0.15) is 22.8 Å². The first-order valence-electron chi connectivity index (χ1n) is 10.9. The van der Waals surface area contributed by atoms with E-state index in [1.54, 1.807) is 0 Å². The first-order chi connectivity index (χ1) is 15.5. The fourth-order valence-corrected chi connectivity index (χ4v) is 3.85. The smallest absolute Gasteiger partial charge is 0.252 e. The molecule has 0 bridgehead atoms. The Hall–Kier alpha value is -3.29. The number of hydrogen-bond acceptors (Lipinski definition) is 5. The van der Waals surface area contributed by atoms with Crippen LogP contribution < -0.4 is 10.6 Å². The summed E-state index contributed by atoms with van der Waals surface area (Å²) in [6.45, 7) is 8.14. The molecule has 32 heavy (non-hydrogen) atoms. The summed E-state index contributed by atoms with van der Waals surface area (Å²) in [5.74, 6) is -0.222. The van der Waals surface area contributed by atoms with Crippen LogP contribution in [0.4, 0.5) is 5.69 Å². The van der Waals surface area contributed by atoms with Crippen molar-refractivity contribution in [1.29, 1.82) is 0 Å². The third-order valence-corrected chi connectivity index (χ3v) is 5.53. The van der Waals surface area contributed by atoms with Crippen LogP contribution in [0.25, 0.3) is 22.2 Å². The number of aromatic nitrogens is 1. The summed E-state index contributed by atoms with van der Waals surface area (Å²) in [6, 6.07) is 15.3. The van der Waals surface area contributed by atoms with E-state index in [0.717, 1.165) is 60.6 Å². The van der Waals surface area contributed by atoms with Crippen molar-refractivity contribution in [3.63, 3.8) is 0 Å². The predicted octanol–water partition coefficient (Wildman–Crippen LogP) is 3.23. The van der Waals surface area contributed by atoms with Crippen molar-refractivity contribution in [2.45, 2.75) is 13.8 Å². The van der Waals surface area contributed by atoms with E-state index >= 15 is 0 Å². The van der Waals surface area contributed by atoms with E-state index < -0.39 is 0 Å². The highest BCUT2D eigenvalue weighted by Gasteiger charge is 2.16. The molecule has 0 saturated carbocycles. The number of pyridine rings is 1. The van der Waals surface area contributed by atoms with Gasteiger partial charge in [-0.15, -0.1) is 0 Å². The Balaban J connectivity index is 1.59. The molecule has 166 valence electrons. The minimum absolute atomic E-state index is 0.104. The largest absolute Gasteiger partial charge is 0.379 e. The summed E-state index contributed by atoms with van der Waals surface area (Å²) in [5, 5.41) is 6.67. The van der Waals surface area contributed by atoms with Gasteiger partial charge >= 0.3 is 0 Å². The maximum Gasteiger partial charge on any atom is 0.252 e. The quantitative estimate of drug-likeness (QED) is 0.625. The Morgan fingerprint density at radius 1 is 1.06 bits per heavy atom. The van der Waals surface area contributed by atoms with E-state index in [2.05, 4.69) is 15.5 Å². The molecule has 0 radical (unpaired) electrons. The summed E-state index contributed by atoms with van der Waals surface area (Å²) in [6.07, 6.45) is 0. The highest BCUT2D eigenvalue weighted by Crippen LogP contribution is 2.26. The lowest BCUT2D eigenvalue weighted by Crippen LogP contribution is -2.41. The number of benzene rings is 2. The summed E-state index contributed by atoms with van der Waals surface area (Å²) >= 11 is 0. The van der Waals surface area contributed by atoms with Gasteiger partial charge in [0.15, 0.2) is 0 Å². The minimum atomic E-state index is -0.118. The van der Waals surface area contributed by atoms with Gasteiger partial charge in [-0.2, -0.15) is 0 Å².